The molecular formula is C17H26ClNO2. The lowest BCUT2D eigenvalue weighted by molar-refractivity contribution is 0.0173. The summed E-state index contributed by atoms with van der Waals surface area (Å²) in [7, 11) is 0. The molecule has 0 saturated carbocycles. The molecule has 0 N–H and O–H groups in total. The van der Waals surface area contributed by atoms with Crippen molar-refractivity contribution >= 4 is 17.7 Å². The molecule has 0 aliphatic carbocycles. The van der Waals surface area contributed by atoms with Gasteiger partial charge in [-0.25, -0.2) is 4.79 Å². The first-order valence-electron chi connectivity index (χ1n) is 7.43. The largest absolute Gasteiger partial charge is 0.444 e. The highest BCUT2D eigenvalue weighted by Crippen LogP contribution is 2.23. The number of amides is 1. The van der Waals surface area contributed by atoms with Crippen LogP contribution in [0.25, 0.3) is 0 Å². The van der Waals surface area contributed by atoms with Gasteiger partial charge in [-0.1, -0.05) is 31.2 Å². The second-order valence-electron chi connectivity index (χ2n) is 6.22. The highest BCUT2D eigenvalue weighted by Gasteiger charge is 2.26. The van der Waals surface area contributed by atoms with Gasteiger partial charge in [-0.15, -0.1) is 11.6 Å². The normalized spacial score (nSPS) is 12.9. The number of hydrogen-bond acceptors (Lipinski definition) is 2. The van der Waals surface area contributed by atoms with Gasteiger partial charge in [0.25, 0.3) is 0 Å². The van der Waals surface area contributed by atoms with E-state index in [1.54, 1.807) is 4.90 Å². The fourth-order valence-corrected chi connectivity index (χ4v) is 2.25. The standard InChI is InChI=1S/C17H26ClNO2/c1-6-11-19(16(20)21-17(3,4)5)13(2)15-9-7-14(12-18)8-10-15/h7-10,13H,6,11-12H2,1-5H3/t13-/m1/s1. The van der Waals surface area contributed by atoms with Crippen LogP contribution in [0.3, 0.4) is 0 Å². The second-order valence-corrected chi connectivity index (χ2v) is 6.49. The lowest BCUT2D eigenvalue weighted by Crippen LogP contribution is -2.38. The van der Waals surface area contributed by atoms with E-state index in [0.29, 0.717) is 12.4 Å². The van der Waals surface area contributed by atoms with Crippen LogP contribution < -0.4 is 0 Å². The Morgan fingerprint density at radius 2 is 1.86 bits per heavy atom. The molecule has 0 spiro atoms. The van der Waals surface area contributed by atoms with Crippen molar-refractivity contribution in [1.82, 2.24) is 4.90 Å². The zero-order valence-electron chi connectivity index (χ0n) is 13.6. The molecule has 1 aromatic carbocycles. The van der Waals surface area contributed by atoms with Gasteiger partial charge in [0.15, 0.2) is 0 Å². The number of alkyl halides is 1. The van der Waals surface area contributed by atoms with Gasteiger partial charge in [0.1, 0.15) is 5.60 Å². The summed E-state index contributed by atoms with van der Waals surface area (Å²) >= 11 is 5.81. The topological polar surface area (TPSA) is 29.5 Å². The summed E-state index contributed by atoms with van der Waals surface area (Å²) in [5.74, 6) is 0.499. The molecule has 3 nitrogen and oxygen atoms in total. The third-order valence-electron chi connectivity index (χ3n) is 3.18. The molecule has 1 atom stereocenters. The van der Waals surface area contributed by atoms with Crippen molar-refractivity contribution in [2.24, 2.45) is 0 Å². The summed E-state index contributed by atoms with van der Waals surface area (Å²) in [5.41, 5.74) is 1.68. The quantitative estimate of drug-likeness (QED) is 0.705. The maximum atomic E-state index is 12.4. The van der Waals surface area contributed by atoms with E-state index in [2.05, 4.69) is 6.92 Å². The fraction of sp³-hybridized carbons (Fsp3) is 0.588. The van der Waals surface area contributed by atoms with E-state index in [4.69, 9.17) is 16.3 Å². The minimum absolute atomic E-state index is 0.0239. The molecule has 0 bridgehead atoms. The highest BCUT2D eigenvalue weighted by molar-refractivity contribution is 6.17. The molecule has 1 aromatic rings. The maximum Gasteiger partial charge on any atom is 0.410 e. The third-order valence-corrected chi connectivity index (χ3v) is 3.49. The Labute approximate surface area is 133 Å². The molecule has 1 amide bonds. The van der Waals surface area contributed by atoms with Crippen LogP contribution in [0.4, 0.5) is 4.79 Å². The van der Waals surface area contributed by atoms with Gasteiger partial charge in [0, 0.05) is 12.4 Å². The zero-order chi connectivity index (χ0) is 16.0. The Bertz CT molecular complexity index is 451. The molecular weight excluding hydrogens is 286 g/mol. The van der Waals surface area contributed by atoms with Gasteiger partial charge in [-0.05, 0) is 45.2 Å². The first kappa shape index (κ1) is 17.8. The molecule has 118 valence electrons. The van der Waals surface area contributed by atoms with Crippen LogP contribution in [0.5, 0.6) is 0 Å². The number of ether oxygens (including phenoxy) is 1. The maximum absolute atomic E-state index is 12.4. The number of nitrogens with zero attached hydrogens (tertiary/aromatic N) is 1. The fourth-order valence-electron chi connectivity index (χ4n) is 2.07. The summed E-state index contributed by atoms with van der Waals surface area (Å²) in [5, 5.41) is 0. The van der Waals surface area contributed by atoms with Crippen molar-refractivity contribution in [2.45, 2.75) is 58.6 Å². The van der Waals surface area contributed by atoms with Gasteiger partial charge in [0.2, 0.25) is 0 Å². The van der Waals surface area contributed by atoms with Crippen LogP contribution in [0.1, 0.15) is 58.2 Å². The molecule has 0 aromatic heterocycles. The molecule has 0 fully saturated rings. The van der Waals surface area contributed by atoms with Crippen LogP contribution in [0.15, 0.2) is 24.3 Å². The van der Waals surface area contributed by atoms with Gasteiger partial charge in [-0.3, -0.25) is 0 Å². The van der Waals surface area contributed by atoms with Crippen molar-refractivity contribution in [3.8, 4) is 0 Å². The highest BCUT2D eigenvalue weighted by atomic mass is 35.5. The predicted octanol–water partition coefficient (Wildman–Crippen LogP) is 5.13. The van der Waals surface area contributed by atoms with Crippen molar-refractivity contribution in [2.75, 3.05) is 6.54 Å². The monoisotopic (exact) mass is 311 g/mol. The van der Waals surface area contributed by atoms with Crippen LogP contribution in [0.2, 0.25) is 0 Å². The number of halogens is 1. The van der Waals surface area contributed by atoms with Crippen LogP contribution in [0, 0.1) is 0 Å². The number of benzene rings is 1. The summed E-state index contributed by atoms with van der Waals surface area (Å²) < 4.78 is 5.51. The van der Waals surface area contributed by atoms with E-state index in [1.165, 1.54) is 0 Å². The zero-order valence-corrected chi connectivity index (χ0v) is 14.4. The minimum Gasteiger partial charge on any atom is -0.444 e. The minimum atomic E-state index is -0.481. The van der Waals surface area contributed by atoms with Crippen LogP contribution in [-0.4, -0.2) is 23.1 Å². The molecule has 4 heteroatoms. The van der Waals surface area contributed by atoms with Gasteiger partial charge >= 0.3 is 6.09 Å². The Hall–Kier alpha value is -1.22. The second kappa shape index (κ2) is 7.69. The molecule has 0 aliphatic rings. The molecule has 0 aliphatic heterocycles. The lowest BCUT2D eigenvalue weighted by atomic mass is 10.1. The van der Waals surface area contributed by atoms with Crippen molar-refractivity contribution in [3.63, 3.8) is 0 Å². The number of carbonyl (C=O) groups is 1. The smallest absolute Gasteiger partial charge is 0.410 e. The van der Waals surface area contributed by atoms with E-state index >= 15 is 0 Å². The number of hydrogen-bond donors (Lipinski definition) is 0. The summed E-state index contributed by atoms with van der Waals surface area (Å²) in [6.07, 6.45) is 0.627. The Morgan fingerprint density at radius 1 is 1.29 bits per heavy atom. The van der Waals surface area contributed by atoms with E-state index < -0.39 is 5.60 Å². The van der Waals surface area contributed by atoms with Crippen molar-refractivity contribution in [1.29, 1.82) is 0 Å². The van der Waals surface area contributed by atoms with Crippen LogP contribution in [-0.2, 0) is 10.6 Å². The van der Waals surface area contributed by atoms with E-state index in [9.17, 15) is 4.79 Å². The van der Waals surface area contributed by atoms with Gasteiger partial charge < -0.3 is 9.64 Å². The van der Waals surface area contributed by atoms with E-state index in [0.717, 1.165) is 17.5 Å². The lowest BCUT2D eigenvalue weighted by Gasteiger charge is -2.32. The average molecular weight is 312 g/mol. The van der Waals surface area contributed by atoms with E-state index in [-0.39, 0.29) is 12.1 Å². The van der Waals surface area contributed by atoms with Crippen molar-refractivity contribution in [3.05, 3.63) is 35.4 Å². The molecule has 1 rings (SSSR count). The first-order chi connectivity index (χ1) is 9.78. The van der Waals surface area contributed by atoms with E-state index in [1.807, 2.05) is 52.0 Å². The molecule has 0 unspecified atom stereocenters. The van der Waals surface area contributed by atoms with Gasteiger partial charge in [-0.2, -0.15) is 0 Å². The summed E-state index contributed by atoms with van der Waals surface area (Å²) in [6, 6.07) is 8.02. The summed E-state index contributed by atoms with van der Waals surface area (Å²) in [6.45, 7) is 10.4. The first-order valence-corrected chi connectivity index (χ1v) is 7.96. The average Bonchev–Trinajstić information content (AvgIpc) is 2.42. The van der Waals surface area contributed by atoms with Gasteiger partial charge in [0.05, 0.1) is 6.04 Å². The molecule has 0 saturated heterocycles. The Morgan fingerprint density at radius 3 is 2.29 bits per heavy atom. The van der Waals surface area contributed by atoms with Crippen LogP contribution >= 0.6 is 11.6 Å². The SMILES string of the molecule is CCCN(C(=O)OC(C)(C)C)[C@H](C)c1ccc(CCl)cc1. The Kier molecular flexibility index (Phi) is 6.53. The Balaban J connectivity index is 2.89. The third kappa shape index (κ3) is 5.58. The van der Waals surface area contributed by atoms with Crippen molar-refractivity contribution < 1.29 is 9.53 Å². The summed E-state index contributed by atoms with van der Waals surface area (Å²) in [4.78, 5) is 14.1. The number of carbonyl (C=O) groups excluding carboxylic acids is 1. The number of rotatable bonds is 5. The molecule has 21 heavy (non-hydrogen) atoms. The molecule has 0 heterocycles. The predicted molar refractivity (Wildman–Crippen MR) is 87.6 cm³/mol. The molecule has 0 radical (unpaired) electrons.